The molecule has 0 saturated carbocycles. The second-order valence-electron chi connectivity index (χ2n) is 6.12. The molecule has 0 unspecified atom stereocenters. The van der Waals surface area contributed by atoms with E-state index in [-0.39, 0.29) is 11.2 Å². The van der Waals surface area contributed by atoms with Crippen LogP contribution in [0.3, 0.4) is 0 Å². The van der Waals surface area contributed by atoms with Gasteiger partial charge in [-0.3, -0.25) is 14.9 Å². The van der Waals surface area contributed by atoms with Gasteiger partial charge < -0.3 is 9.47 Å². The van der Waals surface area contributed by atoms with Crippen LogP contribution in [0.1, 0.15) is 6.42 Å². The Bertz CT molecular complexity index is 976. The molecule has 24 heavy (non-hydrogen) atoms. The Morgan fingerprint density at radius 2 is 1.79 bits per heavy atom. The number of hydrogen-bond donors (Lipinski definition) is 0. The Morgan fingerprint density at radius 1 is 1.08 bits per heavy atom. The van der Waals surface area contributed by atoms with Gasteiger partial charge in [0.1, 0.15) is 0 Å². The van der Waals surface area contributed by atoms with Gasteiger partial charge in [0.25, 0.3) is 11.2 Å². The second kappa shape index (κ2) is 6.41. The minimum absolute atomic E-state index is 0.0335. The zero-order chi connectivity index (χ0) is 17.3. The second-order valence-corrected chi connectivity index (χ2v) is 6.12. The smallest absolute Gasteiger partial charge is 0.270 e. The fourth-order valence-electron chi connectivity index (χ4n) is 3.02. The maximum absolute atomic E-state index is 12.9. The molecule has 0 atom stereocenters. The molecule has 0 fully saturated rings. The summed E-state index contributed by atoms with van der Waals surface area (Å²) in [6.07, 6.45) is 0.831. The normalized spacial score (nSPS) is 11.5. The predicted octanol–water partition coefficient (Wildman–Crippen LogP) is 3.01. The van der Waals surface area contributed by atoms with E-state index < -0.39 is 4.92 Å². The van der Waals surface area contributed by atoms with E-state index in [9.17, 15) is 14.9 Å². The molecule has 0 N–H and O–H groups in total. The van der Waals surface area contributed by atoms with Crippen LogP contribution in [0.2, 0.25) is 0 Å². The third-order valence-electron chi connectivity index (χ3n) is 4.16. The van der Waals surface area contributed by atoms with E-state index in [0.29, 0.717) is 11.9 Å². The van der Waals surface area contributed by atoms with Crippen molar-refractivity contribution in [1.82, 2.24) is 9.47 Å². The summed E-state index contributed by atoms with van der Waals surface area (Å²) < 4.78 is 1.73. The summed E-state index contributed by atoms with van der Waals surface area (Å²) >= 11 is 0. The molecule has 0 aliphatic carbocycles. The minimum Gasteiger partial charge on any atom is -0.309 e. The number of benzene rings is 2. The number of pyridine rings is 1. The Morgan fingerprint density at radius 3 is 2.46 bits per heavy atom. The van der Waals surface area contributed by atoms with E-state index in [0.717, 1.165) is 29.3 Å². The van der Waals surface area contributed by atoms with Crippen molar-refractivity contribution in [3.63, 3.8) is 0 Å². The van der Waals surface area contributed by atoms with Gasteiger partial charge in [-0.15, -0.1) is 0 Å². The molecule has 0 aliphatic heterocycles. The standard InChI is InChI=1S/C18H19N3O3/c1-19(2)10-5-11-20-17-9-8-13(21(23)24)12-16(17)14-6-3-4-7-15(14)18(20)22/h3-4,6-9,12H,5,10-11H2,1-2H3. The van der Waals surface area contributed by atoms with Crippen LogP contribution in [-0.4, -0.2) is 35.0 Å². The van der Waals surface area contributed by atoms with Crippen molar-refractivity contribution in [1.29, 1.82) is 0 Å². The third kappa shape index (κ3) is 2.88. The first-order valence-corrected chi connectivity index (χ1v) is 7.83. The highest BCUT2D eigenvalue weighted by Gasteiger charge is 2.14. The van der Waals surface area contributed by atoms with Gasteiger partial charge in [0.15, 0.2) is 0 Å². The van der Waals surface area contributed by atoms with Crippen LogP contribution in [0.4, 0.5) is 5.69 Å². The Labute approximate surface area is 139 Å². The number of rotatable bonds is 5. The quantitative estimate of drug-likeness (QED) is 0.411. The van der Waals surface area contributed by atoms with Crippen LogP contribution < -0.4 is 5.56 Å². The lowest BCUT2D eigenvalue weighted by Gasteiger charge is -2.14. The largest absolute Gasteiger partial charge is 0.309 e. The fraction of sp³-hybridized carbons (Fsp3) is 0.278. The van der Waals surface area contributed by atoms with Crippen LogP contribution in [-0.2, 0) is 6.54 Å². The minimum atomic E-state index is -0.407. The summed E-state index contributed by atoms with van der Waals surface area (Å²) in [5.74, 6) is 0. The summed E-state index contributed by atoms with van der Waals surface area (Å²) in [7, 11) is 3.98. The molecular weight excluding hydrogens is 306 g/mol. The molecule has 0 bridgehead atoms. The van der Waals surface area contributed by atoms with E-state index in [2.05, 4.69) is 4.90 Å². The lowest BCUT2D eigenvalue weighted by Crippen LogP contribution is -2.23. The topological polar surface area (TPSA) is 68.4 Å². The van der Waals surface area contributed by atoms with E-state index >= 15 is 0 Å². The van der Waals surface area contributed by atoms with E-state index in [1.54, 1.807) is 22.8 Å². The molecule has 0 aliphatic rings. The molecule has 0 amide bonds. The monoisotopic (exact) mass is 325 g/mol. The maximum Gasteiger partial charge on any atom is 0.270 e. The number of aryl methyl sites for hydroxylation is 1. The van der Waals surface area contributed by atoms with Crippen molar-refractivity contribution in [2.24, 2.45) is 0 Å². The predicted molar refractivity (Wildman–Crippen MR) is 95.5 cm³/mol. The van der Waals surface area contributed by atoms with E-state index in [1.165, 1.54) is 6.07 Å². The van der Waals surface area contributed by atoms with Crippen molar-refractivity contribution in [2.75, 3.05) is 20.6 Å². The molecule has 3 aromatic rings. The zero-order valence-corrected chi connectivity index (χ0v) is 13.7. The number of nitrogens with zero attached hydrogens (tertiary/aromatic N) is 3. The van der Waals surface area contributed by atoms with Crippen molar-refractivity contribution in [3.8, 4) is 0 Å². The summed E-state index contributed by atoms with van der Waals surface area (Å²) in [5, 5.41) is 13.2. The first kappa shape index (κ1) is 16.1. The van der Waals surface area contributed by atoms with Gasteiger partial charge in [-0.25, -0.2) is 0 Å². The SMILES string of the molecule is CN(C)CCCn1c(=O)c2ccccc2c2cc([N+](=O)[O-])ccc21. The van der Waals surface area contributed by atoms with Crippen molar-refractivity contribution in [2.45, 2.75) is 13.0 Å². The summed E-state index contributed by atoms with van der Waals surface area (Å²) in [6, 6.07) is 12.0. The summed E-state index contributed by atoms with van der Waals surface area (Å²) in [4.78, 5) is 25.6. The molecule has 0 radical (unpaired) electrons. The van der Waals surface area contributed by atoms with Crippen molar-refractivity contribution >= 4 is 27.4 Å². The molecule has 6 heteroatoms. The van der Waals surface area contributed by atoms with Crippen LogP contribution in [0.5, 0.6) is 0 Å². The highest BCUT2D eigenvalue weighted by molar-refractivity contribution is 6.06. The lowest BCUT2D eigenvalue weighted by molar-refractivity contribution is -0.384. The number of aromatic nitrogens is 1. The number of fused-ring (bicyclic) bond motifs is 3. The van der Waals surface area contributed by atoms with Crippen LogP contribution in [0.15, 0.2) is 47.3 Å². The van der Waals surface area contributed by atoms with Gasteiger partial charge >= 0.3 is 0 Å². The molecular formula is C18H19N3O3. The molecule has 0 spiro atoms. The molecule has 0 saturated heterocycles. The van der Waals surface area contributed by atoms with Crippen LogP contribution in [0.25, 0.3) is 21.7 Å². The molecule has 1 aromatic heterocycles. The van der Waals surface area contributed by atoms with E-state index in [4.69, 9.17) is 0 Å². The molecule has 6 nitrogen and oxygen atoms in total. The third-order valence-corrected chi connectivity index (χ3v) is 4.16. The molecule has 124 valence electrons. The van der Waals surface area contributed by atoms with E-state index in [1.807, 2.05) is 32.3 Å². The first-order chi connectivity index (χ1) is 11.5. The number of nitro benzene ring substituents is 1. The van der Waals surface area contributed by atoms with Gasteiger partial charge in [0, 0.05) is 29.4 Å². The average Bonchev–Trinajstić information content (AvgIpc) is 2.57. The van der Waals surface area contributed by atoms with Gasteiger partial charge in [-0.05, 0) is 44.6 Å². The van der Waals surface area contributed by atoms with Crippen LogP contribution in [0, 0.1) is 10.1 Å². The van der Waals surface area contributed by atoms with Gasteiger partial charge in [0.2, 0.25) is 0 Å². The fourth-order valence-corrected chi connectivity index (χ4v) is 3.02. The average molecular weight is 325 g/mol. The van der Waals surface area contributed by atoms with Gasteiger partial charge in [-0.1, -0.05) is 18.2 Å². The van der Waals surface area contributed by atoms with Crippen molar-refractivity contribution in [3.05, 3.63) is 62.9 Å². The molecule has 1 heterocycles. The Hall–Kier alpha value is -2.73. The summed E-state index contributed by atoms with van der Waals surface area (Å²) in [5.41, 5.74) is 0.722. The molecule has 3 rings (SSSR count). The molecule has 2 aromatic carbocycles. The van der Waals surface area contributed by atoms with Gasteiger partial charge in [-0.2, -0.15) is 0 Å². The van der Waals surface area contributed by atoms with Crippen molar-refractivity contribution < 1.29 is 4.92 Å². The van der Waals surface area contributed by atoms with Crippen LogP contribution >= 0.6 is 0 Å². The lowest BCUT2D eigenvalue weighted by atomic mass is 10.1. The maximum atomic E-state index is 12.9. The zero-order valence-electron chi connectivity index (χ0n) is 13.7. The Balaban J connectivity index is 2.26. The number of hydrogen-bond acceptors (Lipinski definition) is 4. The highest BCUT2D eigenvalue weighted by atomic mass is 16.6. The highest BCUT2D eigenvalue weighted by Crippen LogP contribution is 2.26. The first-order valence-electron chi connectivity index (χ1n) is 7.83. The number of nitro groups is 1. The number of non-ortho nitro benzene ring substituents is 1. The Kier molecular flexibility index (Phi) is 4.31. The summed E-state index contributed by atoms with van der Waals surface area (Å²) in [6.45, 7) is 1.45. The van der Waals surface area contributed by atoms with Gasteiger partial charge in [0.05, 0.1) is 10.4 Å².